The van der Waals surface area contributed by atoms with Gasteiger partial charge in [0.1, 0.15) is 5.54 Å². The van der Waals surface area contributed by atoms with Crippen LogP contribution in [0.2, 0.25) is 0 Å². The van der Waals surface area contributed by atoms with Crippen molar-refractivity contribution in [1.29, 1.82) is 0 Å². The first-order valence-corrected chi connectivity index (χ1v) is 9.55. The van der Waals surface area contributed by atoms with Crippen LogP contribution in [0, 0.1) is 5.92 Å². The van der Waals surface area contributed by atoms with Gasteiger partial charge in [-0.25, -0.2) is 0 Å². The van der Waals surface area contributed by atoms with Gasteiger partial charge in [-0.2, -0.15) is 0 Å². The van der Waals surface area contributed by atoms with E-state index in [0.29, 0.717) is 12.5 Å². The molecule has 0 aromatic heterocycles. The summed E-state index contributed by atoms with van der Waals surface area (Å²) in [5, 5.41) is 4.90. The average Bonchev–Trinajstić information content (AvgIpc) is 2.99. The predicted octanol–water partition coefficient (Wildman–Crippen LogP) is 5.15. The summed E-state index contributed by atoms with van der Waals surface area (Å²) in [6.07, 6.45) is 11.8. The van der Waals surface area contributed by atoms with Crippen LogP contribution < -0.4 is 0 Å². The fraction of sp³-hybridized carbons (Fsp3) is 0.160. The fourth-order valence-electron chi connectivity index (χ4n) is 5.01. The molecule has 2 nitrogen and oxygen atoms in total. The molecule has 2 bridgehead atoms. The number of hydrogen-bond acceptors (Lipinski definition) is 1. The topological polar surface area (TPSA) is 20.3 Å². The van der Waals surface area contributed by atoms with Crippen molar-refractivity contribution in [3.05, 3.63) is 96.1 Å². The van der Waals surface area contributed by atoms with Crippen LogP contribution in [0.5, 0.6) is 0 Å². The summed E-state index contributed by atoms with van der Waals surface area (Å²) in [4.78, 5) is 15.0. The maximum atomic E-state index is 13.0. The van der Waals surface area contributed by atoms with Gasteiger partial charge in [0, 0.05) is 12.6 Å². The van der Waals surface area contributed by atoms with Crippen molar-refractivity contribution in [2.24, 2.45) is 5.92 Å². The van der Waals surface area contributed by atoms with Crippen molar-refractivity contribution in [2.45, 2.75) is 18.5 Å². The van der Waals surface area contributed by atoms with Crippen molar-refractivity contribution >= 4 is 27.5 Å². The number of benzene rings is 3. The van der Waals surface area contributed by atoms with E-state index in [1.54, 1.807) is 0 Å². The minimum Gasteiger partial charge on any atom is -0.318 e. The van der Waals surface area contributed by atoms with Crippen LogP contribution >= 0.6 is 0 Å². The van der Waals surface area contributed by atoms with Gasteiger partial charge in [0.2, 0.25) is 5.91 Å². The predicted molar refractivity (Wildman–Crippen MR) is 109 cm³/mol. The number of carbonyl (C=O) groups is 1. The molecule has 1 aliphatic heterocycles. The number of hydrogen-bond donors (Lipinski definition) is 0. The molecule has 0 N–H and O–H groups in total. The van der Waals surface area contributed by atoms with E-state index in [1.165, 1.54) is 32.7 Å². The summed E-state index contributed by atoms with van der Waals surface area (Å²) in [7, 11) is 0. The van der Waals surface area contributed by atoms with Crippen LogP contribution in [0.1, 0.15) is 12.0 Å². The van der Waals surface area contributed by atoms with E-state index in [4.69, 9.17) is 0 Å². The zero-order chi connectivity index (χ0) is 18.0. The molecule has 2 heteroatoms. The molecule has 1 spiro atoms. The zero-order valence-corrected chi connectivity index (χ0v) is 14.9. The number of rotatable bonds is 2. The maximum Gasteiger partial charge on any atom is 0.248 e. The molecule has 130 valence electrons. The third-order valence-electron chi connectivity index (χ3n) is 6.37. The molecule has 27 heavy (non-hydrogen) atoms. The lowest BCUT2D eigenvalue weighted by atomic mass is 9.73. The molecule has 0 radical (unpaired) electrons. The molecule has 7 rings (SSSR count). The molecule has 1 amide bonds. The Morgan fingerprint density at radius 3 is 2.22 bits per heavy atom. The molecule has 4 aliphatic rings. The Labute approximate surface area is 158 Å². The Hall–Kier alpha value is -3.13. The summed E-state index contributed by atoms with van der Waals surface area (Å²) in [5.74, 6) is 0.572. The minimum atomic E-state index is -0.357. The van der Waals surface area contributed by atoms with Crippen LogP contribution in [-0.4, -0.2) is 16.3 Å². The van der Waals surface area contributed by atoms with E-state index in [9.17, 15) is 4.79 Å². The molecule has 3 aromatic carbocycles. The van der Waals surface area contributed by atoms with Crippen molar-refractivity contribution < 1.29 is 4.79 Å². The summed E-state index contributed by atoms with van der Waals surface area (Å²) < 4.78 is 0. The van der Waals surface area contributed by atoms with Gasteiger partial charge in [-0.15, -0.1) is 0 Å². The standard InChI is InChI=1S/C25H19NO/c27-24-15-20-13-17-9-11-25(20,12-10-17)26(24)16-23-21-7-3-1-5-18(21)14-19-6-2-4-8-22(19)23/h1-12,14-15,17H,13,16H2. The fourth-order valence-corrected chi connectivity index (χ4v) is 5.01. The second-order valence-corrected chi connectivity index (χ2v) is 7.80. The van der Waals surface area contributed by atoms with Crippen LogP contribution in [0.3, 0.4) is 0 Å². The summed E-state index contributed by atoms with van der Waals surface area (Å²) >= 11 is 0. The molecule has 0 saturated carbocycles. The number of allylic oxidation sites excluding steroid dienone is 2. The van der Waals surface area contributed by atoms with Crippen LogP contribution in [0.4, 0.5) is 0 Å². The van der Waals surface area contributed by atoms with Crippen molar-refractivity contribution in [2.75, 3.05) is 0 Å². The summed E-state index contributed by atoms with van der Waals surface area (Å²) in [5.41, 5.74) is 2.12. The molecular formula is C25H19NO. The first-order chi connectivity index (χ1) is 13.2. The molecule has 0 fully saturated rings. The lowest BCUT2D eigenvalue weighted by Crippen LogP contribution is -2.48. The quantitative estimate of drug-likeness (QED) is 0.463. The number of carbonyl (C=O) groups excluding carboxylic acids is 1. The smallest absolute Gasteiger partial charge is 0.248 e. The first-order valence-electron chi connectivity index (χ1n) is 9.55. The maximum absolute atomic E-state index is 13.0. The van der Waals surface area contributed by atoms with Gasteiger partial charge >= 0.3 is 0 Å². The van der Waals surface area contributed by atoms with Crippen LogP contribution in [0.15, 0.2) is 90.6 Å². The van der Waals surface area contributed by atoms with E-state index in [1.807, 2.05) is 11.0 Å². The lowest BCUT2D eigenvalue weighted by Gasteiger charge is -2.43. The van der Waals surface area contributed by atoms with E-state index in [2.05, 4.69) is 78.9 Å². The highest BCUT2D eigenvalue weighted by Gasteiger charge is 2.47. The van der Waals surface area contributed by atoms with E-state index >= 15 is 0 Å². The minimum absolute atomic E-state index is 0.124. The average molecular weight is 349 g/mol. The second-order valence-electron chi connectivity index (χ2n) is 7.80. The van der Waals surface area contributed by atoms with Gasteiger partial charge < -0.3 is 4.90 Å². The van der Waals surface area contributed by atoms with Crippen LogP contribution in [-0.2, 0) is 11.3 Å². The molecule has 0 saturated heterocycles. The second kappa shape index (κ2) is 5.20. The number of amides is 1. The van der Waals surface area contributed by atoms with Gasteiger partial charge in [-0.3, -0.25) is 4.79 Å². The number of fused-ring (bicyclic) bond motifs is 2. The van der Waals surface area contributed by atoms with Crippen molar-refractivity contribution in [3.63, 3.8) is 0 Å². The lowest BCUT2D eigenvalue weighted by molar-refractivity contribution is -0.127. The Balaban J connectivity index is 1.57. The highest BCUT2D eigenvalue weighted by atomic mass is 16.2. The first kappa shape index (κ1) is 15.0. The Kier molecular flexibility index (Phi) is 2.88. The third-order valence-corrected chi connectivity index (χ3v) is 6.37. The van der Waals surface area contributed by atoms with E-state index in [0.717, 1.165) is 6.42 Å². The molecular weight excluding hydrogens is 330 g/mol. The normalized spacial score (nSPS) is 25.5. The van der Waals surface area contributed by atoms with Gasteiger partial charge in [0.15, 0.2) is 0 Å². The highest BCUT2D eigenvalue weighted by Crippen LogP contribution is 2.47. The van der Waals surface area contributed by atoms with Gasteiger partial charge in [-0.1, -0.05) is 72.8 Å². The van der Waals surface area contributed by atoms with E-state index in [-0.39, 0.29) is 11.4 Å². The Morgan fingerprint density at radius 1 is 0.926 bits per heavy atom. The molecule has 3 aliphatic carbocycles. The Bertz CT molecular complexity index is 1150. The Morgan fingerprint density at radius 2 is 1.56 bits per heavy atom. The van der Waals surface area contributed by atoms with E-state index < -0.39 is 0 Å². The van der Waals surface area contributed by atoms with Gasteiger partial charge in [0.05, 0.1) is 0 Å². The highest BCUT2D eigenvalue weighted by molar-refractivity contribution is 6.03. The summed E-state index contributed by atoms with van der Waals surface area (Å²) in [6.45, 7) is 0.611. The van der Waals surface area contributed by atoms with Gasteiger partial charge in [-0.05, 0) is 51.1 Å². The molecule has 0 unspecified atom stereocenters. The summed E-state index contributed by atoms with van der Waals surface area (Å²) in [6, 6.07) is 19.2. The SMILES string of the molecule is O=C1C=C2CC3C=CC2(C=C3)N1Cc1c2ccccc2cc2ccccc12. The molecule has 1 heterocycles. The largest absolute Gasteiger partial charge is 0.318 e. The monoisotopic (exact) mass is 349 g/mol. The zero-order valence-electron chi connectivity index (χ0n) is 14.9. The molecule has 3 aromatic rings. The third kappa shape index (κ3) is 1.98. The van der Waals surface area contributed by atoms with Gasteiger partial charge in [0.25, 0.3) is 0 Å². The van der Waals surface area contributed by atoms with Crippen molar-refractivity contribution in [1.82, 2.24) is 4.90 Å². The van der Waals surface area contributed by atoms with Crippen molar-refractivity contribution in [3.8, 4) is 0 Å². The molecule has 0 atom stereocenters. The van der Waals surface area contributed by atoms with Crippen LogP contribution in [0.25, 0.3) is 21.5 Å². The number of nitrogens with zero attached hydrogens (tertiary/aromatic N) is 1.